The molecule has 122 valence electrons. The Morgan fingerprint density at radius 3 is 2.88 bits per heavy atom. The Kier molecular flexibility index (Phi) is 3.39. The van der Waals surface area contributed by atoms with Crippen LogP contribution in [0.3, 0.4) is 0 Å². The van der Waals surface area contributed by atoms with Crippen molar-refractivity contribution in [3.05, 3.63) is 64.8 Å². The summed E-state index contributed by atoms with van der Waals surface area (Å²) in [6, 6.07) is 15.4. The maximum absolute atomic E-state index is 5.93. The molecule has 0 aliphatic carbocycles. The molecule has 2 atom stereocenters. The highest BCUT2D eigenvalue weighted by Gasteiger charge is 2.28. The highest BCUT2D eigenvalue weighted by atomic mass is 16.5. The number of H-pyrrole nitrogens is 1. The van der Waals surface area contributed by atoms with Crippen LogP contribution in [-0.4, -0.2) is 23.3 Å². The molecule has 1 fully saturated rings. The number of aromatic amines is 1. The van der Waals surface area contributed by atoms with E-state index in [2.05, 4.69) is 58.0 Å². The zero-order valence-corrected chi connectivity index (χ0v) is 13.6. The lowest BCUT2D eigenvalue weighted by atomic mass is 9.87. The van der Waals surface area contributed by atoms with Crippen LogP contribution in [0, 0.1) is 0 Å². The van der Waals surface area contributed by atoms with Crippen LogP contribution in [0.15, 0.2) is 42.5 Å². The average Bonchev–Trinajstić information content (AvgIpc) is 3.30. The summed E-state index contributed by atoms with van der Waals surface area (Å²) in [7, 11) is 0. The fourth-order valence-electron chi connectivity index (χ4n) is 4.18. The molecule has 0 radical (unpaired) electrons. The SMILES string of the molecule is c1ccc2c(c1)CCNC2c1cccc2n[nH]c(C3CCCO3)c12. The van der Waals surface area contributed by atoms with E-state index in [0.29, 0.717) is 0 Å². The van der Waals surface area contributed by atoms with E-state index in [1.165, 1.54) is 22.1 Å². The number of hydrogen-bond donors (Lipinski definition) is 2. The zero-order chi connectivity index (χ0) is 15.9. The second-order valence-corrected chi connectivity index (χ2v) is 6.72. The van der Waals surface area contributed by atoms with Gasteiger partial charge in [0, 0.05) is 18.5 Å². The lowest BCUT2D eigenvalue weighted by molar-refractivity contribution is 0.109. The maximum atomic E-state index is 5.93. The molecule has 0 bridgehead atoms. The summed E-state index contributed by atoms with van der Waals surface area (Å²) in [5.74, 6) is 0. The zero-order valence-electron chi connectivity index (χ0n) is 13.6. The van der Waals surface area contributed by atoms with Gasteiger partial charge in [-0.1, -0.05) is 36.4 Å². The maximum Gasteiger partial charge on any atom is 0.0996 e. The topological polar surface area (TPSA) is 49.9 Å². The van der Waals surface area contributed by atoms with E-state index < -0.39 is 0 Å². The van der Waals surface area contributed by atoms with E-state index in [1.807, 2.05) is 0 Å². The largest absolute Gasteiger partial charge is 0.372 e. The molecule has 2 unspecified atom stereocenters. The molecule has 4 nitrogen and oxygen atoms in total. The molecule has 24 heavy (non-hydrogen) atoms. The van der Waals surface area contributed by atoms with Crippen molar-refractivity contribution in [2.24, 2.45) is 0 Å². The van der Waals surface area contributed by atoms with Crippen LogP contribution in [0.2, 0.25) is 0 Å². The molecule has 2 N–H and O–H groups in total. The number of benzene rings is 2. The highest BCUT2D eigenvalue weighted by Crippen LogP contribution is 2.38. The van der Waals surface area contributed by atoms with Gasteiger partial charge in [0.1, 0.15) is 0 Å². The second-order valence-electron chi connectivity index (χ2n) is 6.72. The van der Waals surface area contributed by atoms with Crippen molar-refractivity contribution >= 4 is 10.9 Å². The molecule has 0 spiro atoms. The smallest absolute Gasteiger partial charge is 0.0996 e. The first-order chi connectivity index (χ1) is 11.9. The van der Waals surface area contributed by atoms with Crippen LogP contribution in [0.5, 0.6) is 0 Å². The van der Waals surface area contributed by atoms with Gasteiger partial charge < -0.3 is 10.1 Å². The van der Waals surface area contributed by atoms with Crippen molar-refractivity contribution in [1.82, 2.24) is 15.5 Å². The molecule has 4 heteroatoms. The summed E-state index contributed by atoms with van der Waals surface area (Å²) in [5, 5.41) is 12.7. The molecule has 0 saturated carbocycles. The van der Waals surface area contributed by atoms with E-state index in [9.17, 15) is 0 Å². The Morgan fingerprint density at radius 2 is 1.96 bits per heavy atom. The van der Waals surface area contributed by atoms with Gasteiger partial charge >= 0.3 is 0 Å². The first-order valence-electron chi connectivity index (χ1n) is 8.81. The quantitative estimate of drug-likeness (QED) is 0.758. The van der Waals surface area contributed by atoms with E-state index in [0.717, 1.165) is 43.6 Å². The molecule has 1 saturated heterocycles. The summed E-state index contributed by atoms with van der Waals surface area (Å²) in [4.78, 5) is 0. The van der Waals surface area contributed by atoms with Crippen molar-refractivity contribution in [3.8, 4) is 0 Å². The van der Waals surface area contributed by atoms with Crippen LogP contribution < -0.4 is 5.32 Å². The second kappa shape index (κ2) is 5.72. The van der Waals surface area contributed by atoms with Crippen LogP contribution in [0.25, 0.3) is 10.9 Å². The third kappa shape index (κ3) is 2.18. The third-order valence-corrected chi connectivity index (χ3v) is 5.31. The molecule has 2 aliphatic rings. The van der Waals surface area contributed by atoms with Crippen molar-refractivity contribution in [1.29, 1.82) is 0 Å². The van der Waals surface area contributed by atoms with E-state index >= 15 is 0 Å². The van der Waals surface area contributed by atoms with E-state index in [-0.39, 0.29) is 12.1 Å². The lowest BCUT2D eigenvalue weighted by Crippen LogP contribution is -2.30. The minimum absolute atomic E-state index is 0.148. The molecule has 3 aromatic rings. The van der Waals surface area contributed by atoms with Gasteiger partial charge in [-0.05, 0) is 42.0 Å². The van der Waals surface area contributed by atoms with Gasteiger partial charge in [-0.15, -0.1) is 0 Å². The first-order valence-corrected chi connectivity index (χ1v) is 8.81. The van der Waals surface area contributed by atoms with E-state index in [1.54, 1.807) is 0 Å². The number of aromatic nitrogens is 2. The Labute approximate surface area is 141 Å². The van der Waals surface area contributed by atoms with Gasteiger partial charge in [0.15, 0.2) is 0 Å². The Bertz CT molecular complexity index is 879. The van der Waals surface area contributed by atoms with Gasteiger partial charge in [-0.2, -0.15) is 5.10 Å². The lowest BCUT2D eigenvalue weighted by Gasteiger charge is -2.28. The Balaban J connectivity index is 1.69. The van der Waals surface area contributed by atoms with E-state index in [4.69, 9.17) is 4.74 Å². The van der Waals surface area contributed by atoms with Crippen LogP contribution in [0.4, 0.5) is 0 Å². The van der Waals surface area contributed by atoms with Crippen molar-refractivity contribution in [2.75, 3.05) is 13.2 Å². The number of rotatable bonds is 2. The van der Waals surface area contributed by atoms with Crippen molar-refractivity contribution < 1.29 is 4.74 Å². The normalized spacial score (nSPS) is 23.5. The number of fused-ring (bicyclic) bond motifs is 2. The molecule has 0 amide bonds. The summed E-state index contributed by atoms with van der Waals surface area (Å²) in [5.41, 5.74) is 6.31. The Morgan fingerprint density at radius 1 is 1.04 bits per heavy atom. The van der Waals surface area contributed by atoms with Gasteiger partial charge in [0.25, 0.3) is 0 Å². The third-order valence-electron chi connectivity index (χ3n) is 5.31. The van der Waals surface area contributed by atoms with Gasteiger partial charge in [0.05, 0.1) is 23.4 Å². The predicted octanol–water partition coefficient (Wildman–Crippen LogP) is 3.65. The summed E-state index contributed by atoms with van der Waals surface area (Å²) < 4.78 is 5.93. The van der Waals surface area contributed by atoms with Crippen LogP contribution in [-0.2, 0) is 11.2 Å². The molecule has 5 rings (SSSR count). The standard InChI is InChI=1S/C20H21N3O/c1-2-6-14-13(5-1)10-11-21-19(14)15-7-3-8-16-18(15)20(23-22-16)17-9-4-12-24-17/h1-3,5-8,17,19,21H,4,9-12H2,(H,22,23). The average molecular weight is 319 g/mol. The fraction of sp³-hybridized carbons (Fsp3) is 0.350. The fourth-order valence-corrected chi connectivity index (χ4v) is 4.18. The van der Waals surface area contributed by atoms with Gasteiger partial charge in [-0.25, -0.2) is 0 Å². The molecule has 2 aromatic carbocycles. The number of hydrogen-bond acceptors (Lipinski definition) is 3. The van der Waals surface area contributed by atoms with Crippen LogP contribution in [0.1, 0.15) is 47.4 Å². The molecule has 1 aromatic heterocycles. The number of nitrogens with one attached hydrogen (secondary N) is 2. The number of nitrogens with zero attached hydrogens (tertiary/aromatic N) is 1. The number of ether oxygens (including phenoxy) is 1. The molecule has 2 aliphatic heterocycles. The van der Waals surface area contributed by atoms with Gasteiger partial charge in [0.2, 0.25) is 0 Å². The Hall–Kier alpha value is -2.17. The van der Waals surface area contributed by atoms with Crippen molar-refractivity contribution in [3.63, 3.8) is 0 Å². The molecular formula is C20H21N3O. The first kappa shape index (κ1) is 14.2. The molecule has 3 heterocycles. The summed E-state index contributed by atoms with van der Waals surface area (Å²) in [6.45, 7) is 1.85. The minimum Gasteiger partial charge on any atom is -0.372 e. The molecular weight excluding hydrogens is 298 g/mol. The highest BCUT2D eigenvalue weighted by molar-refractivity contribution is 5.86. The van der Waals surface area contributed by atoms with Crippen LogP contribution >= 0.6 is 0 Å². The predicted molar refractivity (Wildman–Crippen MR) is 94.0 cm³/mol. The minimum atomic E-state index is 0.148. The van der Waals surface area contributed by atoms with Crippen molar-refractivity contribution in [2.45, 2.75) is 31.4 Å². The monoisotopic (exact) mass is 319 g/mol. The summed E-state index contributed by atoms with van der Waals surface area (Å²) >= 11 is 0. The summed E-state index contributed by atoms with van der Waals surface area (Å²) in [6.07, 6.45) is 3.43. The van der Waals surface area contributed by atoms with Gasteiger partial charge in [-0.3, -0.25) is 5.10 Å².